The maximum Gasteiger partial charge on any atom is 0.278 e. The molecule has 0 aliphatic rings. The predicted octanol–water partition coefficient (Wildman–Crippen LogP) is 1.35. The van der Waals surface area contributed by atoms with Crippen molar-refractivity contribution in [3.05, 3.63) is 29.3 Å². The maximum absolute atomic E-state index is 11.6. The SMILES string of the molecule is CC(C)C(=O)c1ccc(C(=O)NO)c(O)c1. The minimum absolute atomic E-state index is 0.0807. The van der Waals surface area contributed by atoms with E-state index in [1.54, 1.807) is 13.8 Å². The standard InChI is InChI=1S/C11H13NO4/c1-6(2)10(14)7-3-4-8(9(13)5-7)11(15)12-16/h3-6,13,16H,1-2H3,(H,12,15). The molecule has 0 aliphatic carbocycles. The predicted molar refractivity (Wildman–Crippen MR) is 56.5 cm³/mol. The summed E-state index contributed by atoms with van der Waals surface area (Å²) in [5, 5.41) is 17.9. The second-order valence-electron chi connectivity index (χ2n) is 3.69. The number of amides is 1. The van der Waals surface area contributed by atoms with Crippen LogP contribution in [0.1, 0.15) is 34.6 Å². The van der Waals surface area contributed by atoms with E-state index in [9.17, 15) is 14.7 Å². The van der Waals surface area contributed by atoms with E-state index < -0.39 is 5.91 Å². The van der Waals surface area contributed by atoms with Crippen molar-refractivity contribution in [1.82, 2.24) is 5.48 Å². The number of carbonyl (C=O) groups is 2. The van der Waals surface area contributed by atoms with Crippen molar-refractivity contribution in [3.8, 4) is 5.75 Å². The van der Waals surface area contributed by atoms with Crippen LogP contribution in [0, 0.1) is 5.92 Å². The minimum atomic E-state index is -0.818. The van der Waals surface area contributed by atoms with Gasteiger partial charge in [0.05, 0.1) is 5.56 Å². The Balaban J connectivity index is 3.09. The molecule has 0 saturated carbocycles. The number of nitrogens with one attached hydrogen (secondary N) is 1. The van der Waals surface area contributed by atoms with Crippen LogP contribution in [0.5, 0.6) is 5.75 Å². The van der Waals surface area contributed by atoms with Crippen LogP contribution in [0.3, 0.4) is 0 Å². The van der Waals surface area contributed by atoms with E-state index in [4.69, 9.17) is 5.21 Å². The second-order valence-corrected chi connectivity index (χ2v) is 3.69. The molecule has 1 rings (SSSR count). The van der Waals surface area contributed by atoms with Gasteiger partial charge in [-0.1, -0.05) is 19.9 Å². The third-order valence-corrected chi connectivity index (χ3v) is 2.15. The fraction of sp³-hybridized carbons (Fsp3) is 0.273. The van der Waals surface area contributed by atoms with Crippen molar-refractivity contribution in [2.75, 3.05) is 0 Å². The largest absolute Gasteiger partial charge is 0.507 e. The van der Waals surface area contributed by atoms with Crippen molar-refractivity contribution >= 4 is 11.7 Å². The van der Waals surface area contributed by atoms with E-state index in [1.165, 1.54) is 23.7 Å². The van der Waals surface area contributed by atoms with Gasteiger partial charge in [0.2, 0.25) is 0 Å². The lowest BCUT2D eigenvalue weighted by Crippen LogP contribution is -2.19. The zero-order chi connectivity index (χ0) is 12.3. The Bertz CT molecular complexity index is 426. The van der Waals surface area contributed by atoms with Gasteiger partial charge in [0.15, 0.2) is 5.78 Å². The number of hydrogen-bond acceptors (Lipinski definition) is 4. The van der Waals surface area contributed by atoms with Gasteiger partial charge in [0.1, 0.15) is 5.75 Å². The Morgan fingerprint density at radius 2 is 1.94 bits per heavy atom. The number of carbonyl (C=O) groups excluding carboxylic acids is 2. The molecular weight excluding hydrogens is 210 g/mol. The number of phenols is 1. The van der Waals surface area contributed by atoms with E-state index in [1.807, 2.05) is 0 Å². The Hall–Kier alpha value is -1.88. The van der Waals surface area contributed by atoms with Gasteiger partial charge in [-0.05, 0) is 12.1 Å². The van der Waals surface area contributed by atoms with Crippen molar-refractivity contribution in [1.29, 1.82) is 0 Å². The van der Waals surface area contributed by atoms with Gasteiger partial charge in [-0.25, -0.2) is 5.48 Å². The summed E-state index contributed by atoms with van der Waals surface area (Å²) in [6.07, 6.45) is 0. The number of benzene rings is 1. The molecule has 0 fully saturated rings. The number of hydrogen-bond donors (Lipinski definition) is 3. The molecule has 0 radical (unpaired) electrons. The molecule has 0 spiro atoms. The number of phenolic OH excluding ortho intramolecular Hbond substituents is 1. The van der Waals surface area contributed by atoms with Crippen LogP contribution >= 0.6 is 0 Å². The molecule has 0 heterocycles. The zero-order valence-corrected chi connectivity index (χ0v) is 9.02. The first-order chi connectivity index (χ1) is 7.47. The summed E-state index contributed by atoms with van der Waals surface area (Å²) < 4.78 is 0. The first-order valence-corrected chi connectivity index (χ1v) is 4.79. The van der Waals surface area contributed by atoms with Crippen molar-refractivity contribution in [3.63, 3.8) is 0 Å². The quantitative estimate of drug-likeness (QED) is 0.410. The molecule has 5 heteroatoms. The van der Waals surface area contributed by atoms with Gasteiger partial charge in [-0.15, -0.1) is 0 Å². The van der Waals surface area contributed by atoms with Crippen LogP contribution in [0.25, 0.3) is 0 Å². The normalized spacial score (nSPS) is 10.2. The Kier molecular flexibility index (Phi) is 3.63. The highest BCUT2D eigenvalue weighted by Crippen LogP contribution is 2.20. The topological polar surface area (TPSA) is 86.6 Å². The summed E-state index contributed by atoms with van der Waals surface area (Å²) in [5.41, 5.74) is 1.66. The highest BCUT2D eigenvalue weighted by atomic mass is 16.5. The van der Waals surface area contributed by atoms with Crippen LogP contribution in [0.4, 0.5) is 0 Å². The van der Waals surface area contributed by atoms with Crippen molar-refractivity contribution in [2.45, 2.75) is 13.8 Å². The number of ketones is 1. The Morgan fingerprint density at radius 3 is 2.38 bits per heavy atom. The van der Waals surface area contributed by atoms with Crippen LogP contribution in [0.2, 0.25) is 0 Å². The molecule has 0 bridgehead atoms. The van der Waals surface area contributed by atoms with E-state index in [2.05, 4.69) is 0 Å². The Morgan fingerprint density at radius 1 is 1.31 bits per heavy atom. The summed E-state index contributed by atoms with van der Waals surface area (Å²) in [6, 6.07) is 3.94. The smallest absolute Gasteiger partial charge is 0.278 e. The lowest BCUT2D eigenvalue weighted by molar-refractivity contribution is 0.0703. The van der Waals surface area contributed by atoms with Crippen LogP contribution in [-0.4, -0.2) is 22.0 Å². The first kappa shape index (κ1) is 12.2. The third-order valence-electron chi connectivity index (χ3n) is 2.15. The monoisotopic (exact) mass is 223 g/mol. The van der Waals surface area contributed by atoms with Crippen LogP contribution < -0.4 is 5.48 Å². The molecule has 3 N–H and O–H groups in total. The number of aromatic hydroxyl groups is 1. The first-order valence-electron chi connectivity index (χ1n) is 4.79. The average Bonchev–Trinajstić information content (AvgIpc) is 2.26. The lowest BCUT2D eigenvalue weighted by atomic mass is 9.99. The average molecular weight is 223 g/mol. The van der Waals surface area contributed by atoms with Gasteiger partial charge in [-0.2, -0.15) is 0 Å². The van der Waals surface area contributed by atoms with Gasteiger partial charge in [-0.3, -0.25) is 14.8 Å². The summed E-state index contributed by atoms with van der Waals surface area (Å²) in [4.78, 5) is 22.6. The third kappa shape index (κ3) is 2.38. The molecule has 0 unspecified atom stereocenters. The molecule has 1 aromatic rings. The van der Waals surface area contributed by atoms with Crippen molar-refractivity contribution in [2.24, 2.45) is 5.92 Å². The number of Topliss-reactive ketones (excluding diaryl/α,β-unsaturated/α-hetero) is 1. The summed E-state index contributed by atoms with van der Waals surface area (Å²) >= 11 is 0. The summed E-state index contributed by atoms with van der Waals surface area (Å²) in [7, 11) is 0. The van der Waals surface area contributed by atoms with Gasteiger partial charge < -0.3 is 5.11 Å². The van der Waals surface area contributed by atoms with Gasteiger partial charge in [0, 0.05) is 11.5 Å². The molecule has 16 heavy (non-hydrogen) atoms. The molecule has 5 nitrogen and oxygen atoms in total. The van der Waals surface area contributed by atoms with E-state index in [0.717, 1.165) is 0 Å². The molecule has 0 aromatic heterocycles. The molecular formula is C11H13NO4. The van der Waals surface area contributed by atoms with Crippen LogP contribution in [0.15, 0.2) is 18.2 Å². The molecule has 1 amide bonds. The molecule has 0 saturated heterocycles. The summed E-state index contributed by atoms with van der Waals surface area (Å²) in [6.45, 7) is 3.49. The minimum Gasteiger partial charge on any atom is -0.507 e. The Labute approximate surface area is 92.7 Å². The molecule has 0 atom stereocenters. The number of rotatable bonds is 3. The fourth-order valence-corrected chi connectivity index (χ4v) is 1.27. The van der Waals surface area contributed by atoms with Gasteiger partial charge >= 0.3 is 0 Å². The van der Waals surface area contributed by atoms with Crippen LogP contribution in [-0.2, 0) is 0 Å². The maximum atomic E-state index is 11.6. The lowest BCUT2D eigenvalue weighted by Gasteiger charge is -2.07. The number of hydroxylamine groups is 1. The fourth-order valence-electron chi connectivity index (χ4n) is 1.27. The summed E-state index contributed by atoms with van der Waals surface area (Å²) in [5.74, 6) is -1.46. The second kappa shape index (κ2) is 4.76. The highest BCUT2D eigenvalue weighted by Gasteiger charge is 2.15. The van der Waals surface area contributed by atoms with Crippen molar-refractivity contribution < 1.29 is 19.9 Å². The van der Waals surface area contributed by atoms with Gasteiger partial charge in [0.25, 0.3) is 5.91 Å². The zero-order valence-electron chi connectivity index (χ0n) is 9.02. The molecule has 1 aromatic carbocycles. The van der Waals surface area contributed by atoms with E-state index in [-0.39, 0.29) is 23.0 Å². The highest BCUT2D eigenvalue weighted by molar-refractivity contribution is 6.01. The molecule has 86 valence electrons. The molecule has 0 aliphatic heterocycles. The van der Waals surface area contributed by atoms with E-state index in [0.29, 0.717) is 5.56 Å². The van der Waals surface area contributed by atoms with E-state index >= 15 is 0 Å².